The average molecular weight is 287 g/mol. The first-order chi connectivity index (χ1) is 5.41. The van der Waals surface area contributed by atoms with Gasteiger partial charge in [-0.3, -0.25) is 0 Å². The molecular weight excluding hydrogens is 268 g/mol. The minimum absolute atomic E-state index is 0. The van der Waals surface area contributed by atoms with Gasteiger partial charge in [0.05, 0.1) is 0 Å². The van der Waals surface area contributed by atoms with Crippen molar-refractivity contribution in [2.24, 2.45) is 0 Å². The Balaban J connectivity index is 0. The quantitative estimate of drug-likeness (QED) is 0.727. The molecule has 0 fully saturated rings. The van der Waals surface area contributed by atoms with Crippen molar-refractivity contribution >= 4 is 54.7 Å². The van der Waals surface area contributed by atoms with E-state index in [1.807, 2.05) is 13.0 Å². The Morgan fingerprint density at radius 1 is 1.14 bits per heavy atom. The van der Waals surface area contributed by atoms with Crippen LogP contribution in [0.1, 0.15) is 31.9 Å². The predicted molar refractivity (Wildman–Crippen MR) is 70.4 cm³/mol. The molecule has 0 aliphatic rings. The summed E-state index contributed by atoms with van der Waals surface area (Å²) in [7, 11) is 0. The van der Waals surface area contributed by atoms with Crippen molar-refractivity contribution in [1.29, 1.82) is 0 Å². The van der Waals surface area contributed by atoms with E-state index >= 15 is 0 Å². The Labute approximate surface area is 127 Å². The van der Waals surface area contributed by atoms with Gasteiger partial charge in [0.2, 0.25) is 0 Å². The molecule has 0 saturated carbocycles. The molecule has 14 heavy (non-hydrogen) atoms. The molecule has 0 radical (unpaired) electrons. The van der Waals surface area contributed by atoms with Crippen molar-refractivity contribution in [3.63, 3.8) is 0 Å². The minimum atomic E-state index is 0. The number of phenols is 1. The maximum atomic E-state index is 9.20. The second-order valence-corrected chi connectivity index (χ2v) is 4.25. The predicted octanol–water partition coefficient (Wildman–Crippen LogP) is 2.66. The SMILES string of the molecule is Br.Cc1cc(O)ccc1C(C)(C)C.[CaH2]. The zero-order valence-corrected chi connectivity index (χ0v) is 10.3. The van der Waals surface area contributed by atoms with Gasteiger partial charge in [0.25, 0.3) is 0 Å². The van der Waals surface area contributed by atoms with Crippen LogP contribution in [0.2, 0.25) is 0 Å². The van der Waals surface area contributed by atoms with Gasteiger partial charge in [0.15, 0.2) is 0 Å². The van der Waals surface area contributed by atoms with E-state index in [1.165, 1.54) is 5.56 Å². The summed E-state index contributed by atoms with van der Waals surface area (Å²) in [5.74, 6) is 0.348. The van der Waals surface area contributed by atoms with Crippen molar-refractivity contribution in [2.45, 2.75) is 33.1 Å². The van der Waals surface area contributed by atoms with Crippen molar-refractivity contribution < 1.29 is 5.11 Å². The number of hydrogen-bond acceptors (Lipinski definition) is 1. The fourth-order valence-corrected chi connectivity index (χ4v) is 1.49. The molecule has 0 unspecified atom stereocenters. The monoisotopic (exact) mass is 286 g/mol. The van der Waals surface area contributed by atoms with E-state index in [0.29, 0.717) is 5.75 Å². The van der Waals surface area contributed by atoms with Gasteiger partial charge in [-0.15, -0.1) is 17.0 Å². The first-order valence-corrected chi connectivity index (χ1v) is 4.21. The van der Waals surface area contributed by atoms with Crippen LogP contribution in [0.5, 0.6) is 5.75 Å². The molecule has 1 aromatic rings. The fraction of sp³-hybridized carbons (Fsp3) is 0.455. The van der Waals surface area contributed by atoms with E-state index in [0.717, 1.165) is 5.56 Å². The molecule has 0 spiro atoms. The molecule has 1 rings (SSSR count). The first kappa shape index (κ1) is 17.2. The summed E-state index contributed by atoms with van der Waals surface area (Å²) in [6.07, 6.45) is 0. The van der Waals surface area contributed by atoms with Crippen molar-refractivity contribution in [3.05, 3.63) is 29.3 Å². The van der Waals surface area contributed by atoms with Crippen LogP contribution in [0.15, 0.2) is 18.2 Å². The fourth-order valence-electron chi connectivity index (χ4n) is 1.49. The van der Waals surface area contributed by atoms with Gasteiger partial charge in [0, 0.05) is 0 Å². The molecule has 1 N–H and O–H groups in total. The standard InChI is InChI=1S/C11H16O.BrH.Ca.2H/c1-8-7-9(12)5-6-10(8)11(2,3)4;;;;/h5-7,12H,1-4H3;1H;;;. The Bertz CT molecular complexity index is 292. The Hall–Kier alpha value is 0.760. The van der Waals surface area contributed by atoms with Gasteiger partial charge in [-0.05, 0) is 35.6 Å². The number of benzene rings is 1. The topological polar surface area (TPSA) is 20.2 Å². The second-order valence-electron chi connectivity index (χ2n) is 4.25. The molecule has 0 aliphatic heterocycles. The van der Waals surface area contributed by atoms with Gasteiger partial charge in [-0.25, -0.2) is 0 Å². The number of aryl methyl sites for hydroxylation is 1. The normalized spacial score (nSPS) is 10.0. The molecule has 0 saturated heterocycles. The van der Waals surface area contributed by atoms with Gasteiger partial charge in [-0.1, -0.05) is 26.8 Å². The Morgan fingerprint density at radius 3 is 2.00 bits per heavy atom. The average Bonchev–Trinajstić information content (AvgIpc) is 1.83. The van der Waals surface area contributed by atoms with Crippen molar-refractivity contribution in [3.8, 4) is 5.75 Å². The van der Waals surface area contributed by atoms with E-state index in [2.05, 4.69) is 20.8 Å². The van der Waals surface area contributed by atoms with Gasteiger partial charge >= 0.3 is 37.7 Å². The molecule has 0 atom stereocenters. The van der Waals surface area contributed by atoms with Crippen LogP contribution in [0, 0.1) is 6.92 Å². The first-order valence-electron chi connectivity index (χ1n) is 4.21. The summed E-state index contributed by atoms with van der Waals surface area (Å²) in [6, 6.07) is 5.54. The molecule has 0 aromatic heterocycles. The summed E-state index contributed by atoms with van der Waals surface area (Å²) >= 11 is 0. The molecule has 1 aromatic carbocycles. The second kappa shape index (κ2) is 6.37. The number of halogens is 1. The number of aromatic hydroxyl groups is 1. The van der Waals surface area contributed by atoms with Crippen molar-refractivity contribution in [1.82, 2.24) is 0 Å². The van der Waals surface area contributed by atoms with Gasteiger partial charge in [0.1, 0.15) is 5.75 Å². The maximum absolute atomic E-state index is 9.20. The van der Waals surface area contributed by atoms with E-state index in [4.69, 9.17) is 0 Å². The van der Waals surface area contributed by atoms with E-state index in [1.54, 1.807) is 12.1 Å². The van der Waals surface area contributed by atoms with Gasteiger partial charge < -0.3 is 5.11 Å². The van der Waals surface area contributed by atoms with Crippen LogP contribution in [-0.4, -0.2) is 42.8 Å². The molecule has 0 aliphatic carbocycles. The van der Waals surface area contributed by atoms with Crippen LogP contribution in [0.4, 0.5) is 0 Å². The number of rotatable bonds is 0. The third kappa shape index (κ3) is 4.52. The molecule has 0 heterocycles. The zero-order chi connectivity index (χ0) is 9.35. The van der Waals surface area contributed by atoms with Crippen LogP contribution >= 0.6 is 17.0 Å². The molecular formula is C11H19BrCaO. The third-order valence-electron chi connectivity index (χ3n) is 2.02. The molecule has 0 bridgehead atoms. The summed E-state index contributed by atoms with van der Waals surface area (Å²) in [5, 5.41) is 9.20. The van der Waals surface area contributed by atoms with Crippen LogP contribution in [-0.2, 0) is 5.41 Å². The summed E-state index contributed by atoms with van der Waals surface area (Å²) < 4.78 is 0. The summed E-state index contributed by atoms with van der Waals surface area (Å²) in [5.41, 5.74) is 2.61. The Morgan fingerprint density at radius 2 is 1.64 bits per heavy atom. The van der Waals surface area contributed by atoms with Gasteiger partial charge in [-0.2, -0.15) is 0 Å². The summed E-state index contributed by atoms with van der Waals surface area (Å²) in [4.78, 5) is 0. The van der Waals surface area contributed by atoms with E-state index in [9.17, 15) is 5.11 Å². The molecule has 0 amide bonds. The van der Waals surface area contributed by atoms with E-state index < -0.39 is 0 Å². The number of phenolic OH excluding ortho intramolecular Hbond substituents is 1. The zero-order valence-electron chi connectivity index (χ0n) is 8.59. The van der Waals surface area contributed by atoms with E-state index in [-0.39, 0.29) is 60.1 Å². The molecule has 78 valence electrons. The third-order valence-corrected chi connectivity index (χ3v) is 2.02. The molecule has 1 nitrogen and oxygen atoms in total. The van der Waals surface area contributed by atoms with Crippen LogP contribution < -0.4 is 0 Å². The molecule has 3 heteroatoms. The number of hydrogen-bond donors (Lipinski definition) is 1. The Kier molecular flexibility index (Phi) is 7.80. The van der Waals surface area contributed by atoms with Crippen molar-refractivity contribution in [2.75, 3.05) is 0 Å². The van der Waals surface area contributed by atoms with Crippen LogP contribution in [0.25, 0.3) is 0 Å². The summed E-state index contributed by atoms with van der Waals surface area (Å²) in [6.45, 7) is 8.55. The van der Waals surface area contributed by atoms with Crippen LogP contribution in [0.3, 0.4) is 0 Å².